The van der Waals surface area contributed by atoms with Crippen molar-refractivity contribution in [1.82, 2.24) is 5.32 Å². The number of alkyl carbamates (subject to hydrolysis) is 1. The average molecular weight is 291 g/mol. The lowest BCUT2D eigenvalue weighted by Gasteiger charge is -2.46. The highest BCUT2D eigenvalue weighted by atomic mass is 16.6. The standard InChI is InChI=1S/C16H21NO4/c1-10(2)14-13(11-7-5-4-6-8-11)16(3,9-12(18)19)17-15(20)21-14/h4-8,10,13-14H,9H2,1-3H3,(H,17,20)(H,18,19)/t13-,14-,16-/m0/s1. The van der Waals surface area contributed by atoms with Gasteiger partial charge in [-0.05, 0) is 18.4 Å². The molecule has 0 bridgehead atoms. The van der Waals surface area contributed by atoms with Crippen LogP contribution in [0.15, 0.2) is 30.3 Å². The van der Waals surface area contributed by atoms with Gasteiger partial charge in [0.2, 0.25) is 0 Å². The van der Waals surface area contributed by atoms with Crippen LogP contribution in [0.2, 0.25) is 0 Å². The van der Waals surface area contributed by atoms with E-state index in [0.29, 0.717) is 0 Å². The van der Waals surface area contributed by atoms with Crippen LogP contribution in [0.1, 0.15) is 38.7 Å². The number of benzene rings is 1. The van der Waals surface area contributed by atoms with E-state index in [4.69, 9.17) is 4.74 Å². The maximum Gasteiger partial charge on any atom is 0.407 e. The Kier molecular flexibility index (Phi) is 4.21. The smallest absolute Gasteiger partial charge is 0.407 e. The van der Waals surface area contributed by atoms with Crippen LogP contribution >= 0.6 is 0 Å². The molecular formula is C16H21NO4. The number of nitrogens with one attached hydrogen (secondary N) is 1. The molecule has 0 saturated carbocycles. The lowest BCUT2D eigenvalue weighted by molar-refractivity contribution is -0.139. The summed E-state index contributed by atoms with van der Waals surface area (Å²) in [5.41, 5.74) is 0.0947. The molecule has 3 atom stereocenters. The minimum absolute atomic E-state index is 0.0920. The number of amides is 1. The summed E-state index contributed by atoms with van der Waals surface area (Å²) >= 11 is 0. The van der Waals surface area contributed by atoms with E-state index in [0.717, 1.165) is 5.56 Å². The van der Waals surface area contributed by atoms with Crippen LogP contribution in [0.5, 0.6) is 0 Å². The van der Waals surface area contributed by atoms with Crippen molar-refractivity contribution in [3.8, 4) is 0 Å². The Hall–Kier alpha value is -2.04. The Bertz CT molecular complexity index is 524. The summed E-state index contributed by atoms with van der Waals surface area (Å²) < 4.78 is 5.45. The van der Waals surface area contributed by atoms with Gasteiger partial charge in [0.05, 0.1) is 12.0 Å². The van der Waals surface area contributed by atoms with Crippen molar-refractivity contribution in [1.29, 1.82) is 0 Å². The molecule has 0 spiro atoms. The van der Waals surface area contributed by atoms with Gasteiger partial charge in [-0.1, -0.05) is 44.2 Å². The number of carbonyl (C=O) groups excluding carboxylic acids is 1. The third-order valence-electron chi connectivity index (χ3n) is 3.98. The Morgan fingerprint density at radius 1 is 1.38 bits per heavy atom. The fraction of sp³-hybridized carbons (Fsp3) is 0.500. The zero-order valence-corrected chi connectivity index (χ0v) is 12.5. The minimum Gasteiger partial charge on any atom is -0.481 e. The Morgan fingerprint density at radius 3 is 2.52 bits per heavy atom. The largest absolute Gasteiger partial charge is 0.481 e. The van der Waals surface area contributed by atoms with Gasteiger partial charge in [-0.2, -0.15) is 0 Å². The normalized spacial score (nSPS) is 28.9. The second kappa shape index (κ2) is 5.76. The van der Waals surface area contributed by atoms with Crippen molar-refractivity contribution >= 4 is 12.1 Å². The number of cyclic esters (lactones) is 1. The molecule has 5 nitrogen and oxygen atoms in total. The summed E-state index contributed by atoms with van der Waals surface area (Å²) in [7, 11) is 0. The Balaban J connectivity index is 2.48. The van der Waals surface area contributed by atoms with Gasteiger partial charge in [-0.3, -0.25) is 4.79 Å². The van der Waals surface area contributed by atoms with Gasteiger partial charge in [-0.25, -0.2) is 4.79 Å². The number of ether oxygens (including phenoxy) is 1. The van der Waals surface area contributed by atoms with E-state index < -0.39 is 17.6 Å². The van der Waals surface area contributed by atoms with Gasteiger partial charge in [-0.15, -0.1) is 0 Å². The number of hydrogen-bond donors (Lipinski definition) is 2. The molecule has 1 heterocycles. The molecule has 0 unspecified atom stereocenters. The number of carbonyl (C=O) groups is 2. The molecule has 1 aromatic rings. The summed E-state index contributed by atoms with van der Waals surface area (Å²) in [6.07, 6.45) is -1.06. The third-order valence-corrected chi connectivity index (χ3v) is 3.98. The number of rotatable bonds is 4. The molecule has 1 amide bonds. The van der Waals surface area contributed by atoms with Crippen molar-refractivity contribution in [2.45, 2.75) is 44.8 Å². The summed E-state index contributed by atoms with van der Waals surface area (Å²) in [4.78, 5) is 23.1. The van der Waals surface area contributed by atoms with Crippen LogP contribution < -0.4 is 5.32 Å². The first kappa shape index (κ1) is 15.4. The van der Waals surface area contributed by atoms with Crippen LogP contribution in [0.3, 0.4) is 0 Å². The van der Waals surface area contributed by atoms with Crippen LogP contribution in [0.25, 0.3) is 0 Å². The van der Waals surface area contributed by atoms with Crippen molar-refractivity contribution in [2.75, 3.05) is 0 Å². The molecule has 5 heteroatoms. The summed E-state index contributed by atoms with van der Waals surface area (Å²) in [6.45, 7) is 5.72. The fourth-order valence-corrected chi connectivity index (χ4v) is 3.10. The molecule has 0 aromatic heterocycles. The molecule has 1 aliphatic rings. The van der Waals surface area contributed by atoms with E-state index in [1.807, 2.05) is 44.2 Å². The van der Waals surface area contributed by atoms with Gasteiger partial charge in [0.15, 0.2) is 0 Å². The number of carboxylic acid groups (broad SMARTS) is 1. The van der Waals surface area contributed by atoms with Gasteiger partial charge in [0.1, 0.15) is 6.10 Å². The van der Waals surface area contributed by atoms with Crippen molar-refractivity contribution < 1.29 is 19.4 Å². The number of aliphatic carboxylic acids is 1. The fourth-order valence-electron chi connectivity index (χ4n) is 3.10. The second-order valence-electron chi connectivity index (χ2n) is 6.12. The summed E-state index contributed by atoms with van der Waals surface area (Å²) in [6, 6.07) is 9.61. The maximum atomic E-state index is 11.8. The lowest BCUT2D eigenvalue weighted by atomic mass is 9.71. The van der Waals surface area contributed by atoms with E-state index in [1.165, 1.54) is 0 Å². The van der Waals surface area contributed by atoms with Gasteiger partial charge in [0.25, 0.3) is 0 Å². The molecule has 1 aromatic carbocycles. The molecule has 21 heavy (non-hydrogen) atoms. The summed E-state index contributed by atoms with van der Waals surface area (Å²) in [5.74, 6) is -1.06. The molecule has 1 aliphatic heterocycles. The van der Waals surface area contributed by atoms with E-state index in [9.17, 15) is 14.7 Å². The lowest BCUT2D eigenvalue weighted by Crippen LogP contribution is -2.61. The number of carboxylic acids is 1. The van der Waals surface area contributed by atoms with Gasteiger partial charge >= 0.3 is 12.1 Å². The molecule has 0 radical (unpaired) electrons. The molecule has 2 rings (SSSR count). The third kappa shape index (κ3) is 3.17. The SMILES string of the molecule is CC(C)[C@@H]1OC(=O)N[C@@](C)(CC(=O)O)[C@H]1c1ccccc1. The molecule has 1 fully saturated rings. The predicted molar refractivity (Wildman–Crippen MR) is 78.1 cm³/mol. The van der Waals surface area contributed by atoms with Crippen LogP contribution in [-0.4, -0.2) is 28.8 Å². The molecule has 1 saturated heterocycles. The average Bonchev–Trinajstić information content (AvgIpc) is 2.37. The Morgan fingerprint density at radius 2 is 2.00 bits per heavy atom. The highest BCUT2D eigenvalue weighted by Crippen LogP contribution is 2.41. The van der Waals surface area contributed by atoms with E-state index in [2.05, 4.69) is 5.32 Å². The zero-order chi connectivity index (χ0) is 15.6. The van der Waals surface area contributed by atoms with Crippen molar-refractivity contribution in [3.63, 3.8) is 0 Å². The molecule has 0 aliphatic carbocycles. The topological polar surface area (TPSA) is 75.6 Å². The maximum absolute atomic E-state index is 11.8. The highest BCUT2D eigenvalue weighted by Gasteiger charge is 2.49. The Labute approximate surface area is 124 Å². The highest BCUT2D eigenvalue weighted by molar-refractivity contribution is 5.74. The van der Waals surface area contributed by atoms with Crippen LogP contribution in [0.4, 0.5) is 4.79 Å². The van der Waals surface area contributed by atoms with E-state index >= 15 is 0 Å². The molecule has 114 valence electrons. The monoisotopic (exact) mass is 291 g/mol. The number of hydrogen-bond acceptors (Lipinski definition) is 3. The van der Waals surface area contributed by atoms with Gasteiger partial charge < -0.3 is 15.2 Å². The first-order valence-electron chi connectivity index (χ1n) is 7.09. The van der Waals surface area contributed by atoms with Crippen molar-refractivity contribution in [3.05, 3.63) is 35.9 Å². The first-order chi connectivity index (χ1) is 9.83. The summed E-state index contributed by atoms with van der Waals surface area (Å²) in [5, 5.41) is 11.9. The predicted octanol–water partition coefficient (Wildman–Crippen LogP) is 2.77. The van der Waals surface area contributed by atoms with Crippen molar-refractivity contribution in [2.24, 2.45) is 5.92 Å². The zero-order valence-electron chi connectivity index (χ0n) is 12.5. The van der Waals surface area contributed by atoms with E-state index in [1.54, 1.807) is 6.92 Å². The van der Waals surface area contributed by atoms with Crippen LogP contribution in [-0.2, 0) is 9.53 Å². The molecular weight excluding hydrogens is 270 g/mol. The van der Waals surface area contributed by atoms with Gasteiger partial charge in [0, 0.05) is 5.92 Å². The minimum atomic E-state index is -0.942. The quantitative estimate of drug-likeness (QED) is 0.894. The first-order valence-corrected chi connectivity index (χ1v) is 7.09. The second-order valence-corrected chi connectivity index (χ2v) is 6.12. The van der Waals surface area contributed by atoms with E-state index in [-0.39, 0.29) is 24.4 Å². The molecule has 2 N–H and O–H groups in total. The van der Waals surface area contributed by atoms with Crippen LogP contribution in [0, 0.1) is 5.92 Å².